The van der Waals surface area contributed by atoms with Gasteiger partial charge in [0.05, 0.1) is 0 Å². The summed E-state index contributed by atoms with van der Waals surface area (Å²) in [5, 5.41) is 2.90. The Morgan fingerprint density at radius 3 is 2.71 bits per heavy atom. The van der Waals surface area contributed by atoms with Gasteiger partial charge in [-0.15, -0.1) is 0 Å². The Morgan fingerprint density at radius 1 is 1.17 bits per heavy atom. The van der Waals surface area contributed by atoms with Crippen molar-refractivity contribution in [3.8, 4) is 0 Å². The summed E-state index contributed by atoms with van der Waals surface area (Å²) >= 11 is 0. The molecule has 2 aromatic rings. The van der Waals surface area contributed by atoms with Gasteiger partial charge in [0.2, 0.25) is 11.8 Å². The molecule has 124 valence electrons. The third-order valence-electron chi connectivity index (χ3n) is 4.48. The van der Waals surface area contributed by atoms with Crippen molar-refractivity contribution in [1.82, 2.24) is 5.32 Å². The summed E-state index contributed by atoms with van der Waals surface area (Å²) in [5.41, 5.74) is 4.15. The molecule has 0 aliphatic carbocycles. The fourth-order valence-corrected chi connectivity index (χ4v) is 3.16. The van der Waals surface area contributed by atoms with Crippen LogP contribution in [0.4, 0.5) is 5.69 Å². The third-order valence-corrected chi connectivity index (χ3v) is 4.48. The number of benzene rings is 2. The first-order valence-electron chi connectivity index (χ1n) is 8.26. The Morgan fingerprint density at radius 2 is 1.96 bits per heavy atom. The predicted molar refractivity (Wildman–Crippen MR) is 94.7 cm³/mol. The van der Waals surface area contributed by atoms with E-state index in [9.17, 15) is 9.59 Å². The van der Waals surface area contributed by atoms with Crippen molar-refractivity contribution in [3.63, 3.8) is 0 Å². The quantitative estimate of drug-likeness (QED) is 0.880. The number of carbonyl (C=O) groups excluding carboxylic acids is 2. The fraction of sp³-hybridized carbons (Fsp3) is 0.300. The highest BCUT2D eigenvalue weighted by Crippen LogP contribution is 2.27. The number of anilines is 1. The van der Waals surface area contributed by atoms with Crippen LogP contribution in [0.25, 0.3) is 0 Å². The second-order valence-corrected chi connectivity index (χ2v) is 6.32. The molecule has 24 heavy (non-hydrogen) atoms. The number of amides is 2. The highest BCUT2D eigenvalue weighted by molar-refractivity contribution is 6.09. The number of hydrogen-bond acceptors (Lipinski definition) is 2. The maximum Gasteiger partial charge on any atom is 0.239 e. The van der Waals surface area contributed by atoms with Crippen LogP contribution in [-0.4, -0.2) is 18.4 Å². The molecule has 1 heterocycles. The van der Waals surface area contributed by atoms with Crippen LogP contribution in [0.3, 0.4) is 0 Å². The van der Waals surface area contributed by atoms with Crippen LogP contribution < -0.4 is 10.2 Å². The summed E-state index contributed by atoms with van der Waals surface area (Å²) in [6, 6.07) is 15.8. The van der Waals surface area contributed by atoms with Gasteiger partial charge in [0.15, 0.2) is 0 Å². The van der Waals surface area contributed by atoms with Crippen LogP contribution >= 0.6 is 0 Å². The van der Waals surface area contributed by atoms with Crippen LogP contribution in [0.1, 0.15) is 23.1 Å². The van der Waals surface area contributed by atoms with E-state index in [0.717, 1.165) is 22.4 Å². The monoisotopic (exact) mass is 322 g/mol. The van der Waals surface area contributed by atoms with E-state index in [1.807, 2.05) is 62.4 Å². The van der Waals surface area contributed by atoms with Gasteiger partial charge in [0.1, 0.15) is 5.92 Å². The minimum absolute atomic E-state index is 0.106. The second-order valence-electron chi connectivity index (χ2n) is 6.32. The minimum Gasteiger partial charge on any atom is -0.351 e. The summed E-state index contributed by atoms with van der Waals surface area (Å²) in [4.78, 5) is 26.8. The Bertz CT molecular complexity index is 770. The molecule has 1 unspecified atom stereocenters. The van der Waals surface area contributed by atoms with Crippen molar-refractivity contribution >= 4 is 17.5 Å². The second kappa shape index (κ2) is 6.87. The van der Waals surface area contributed by atoms with Crippen LogP contribution in [0.15, 0.2) is 48.5 Å². The molecule has 1 fully saturated rings. The maximum absolute atomic E-state index is 12.6. The molecule has 0 saturated carbocycles. The molecule has 1 aliphatic heterocycles. The predicted octanol–water partition coefficient (Wildman–Crippen LogP) is 2.97. The van der Waals surface area contributed by atoms with E-state index in [2.05, 4.69) is 5.32 Å². The average molecular weight is 322 g/mol. The van der Waals surface area contributed by atoms with Gasteiger partial charge >= 0.3 is 0 Å². The van der Waals surface area contributed by atoms with Gasteiger partial charge in [-0.3, -0.25) is 9.59 Å². The smallest absolute Gasteiger partial charge is 0.239 e. The van der Waals surface area contributed by atoms with E-state index in [-0.39, 0.29) is 11.8 Å². The van der Waals surface area contributed by atoms with Crippen molar-refractivity contribution in [2.75, 3.05) is 11.4 Å². The van der Waals surface area contributed by atoms with Crippen molar-refractivity contribution in [2.45, 2.75) is 26.8 Å². The molecule has 4 nitrogen and oxygen atoms in total. The van der Waals surface area contributed by atoms with E-state index < -0.39 is 5.92 Å². The number of rotatable bonds is 4. The molecule has 0 radical (unpaired) electrons. The molecular formula is C20H22N2O2. The molecule has 0 bridgehead atoms. The first-order chi connectivity index (χ1) is 11.6. The van der Waals surface area contributed by atoms with E-state index >= 15 is 0 Å². The largest absolute Gasteiger partial charge is 0.351 e. The number of carbonyl (C=O) groups is 2. The van der Waals surface area contributed by atoms with Gasteiger partial charge in [0, 0.05) is 18.8 Å². The minimum atomic E-state index is -0.589. The van der Waals surface area contributed by atoms with Crippen molar-refractivity contribution in [3.05, 3.63) is 65.2 Å². The van der Waals surface area contributed by atoms with E-state index in [4.69, 9.17) is 0 Å². The lowest BCUT2D eigenvalue weighted by Gasteiger charge is -2.19. The summed E-state index contributed by atoms with van der Waals surface area (Å²) in [6.45, 7) is 5.04. The molecule has 2 amide bonds. The molecule has 1 atom stereocenters. The zero-order chi connectivity index (χ0) is 17.1. The summed E-state index contributed by atoms with van der Waals surface area (Å²) < 4.78 is 0. The Kier molecular flexibility index (Phi) is 4.65. The van der Waals surface area contributed by atoms with Gasteiger partial charge in [0.25, 0.3) is 0 Å². The number of nitrogens with one attached hydrogen (secondary N) is 1. The van der Waals surface area contributed by atoms with Gasteiger partial charge in [-0.2, -0.15) is 0 Å². The standard InChI is InChI=1S/C20H22N2O2/c1-14-6-5-8-16(12-14)13-21-19(23)17-10-11-22(20(17)24)18-9-4-3-7-15(18)2/h3-9,12,17H,10-11,13H2,1-2H3,(H,21,23). The average Bonchev–Trinajstić information content (AvgIpc) is 2.95. The topological polar surface area (TPSA) is 49.4 Å². The van der Waals surface area contributed by atoms with E-state index in [0.29, 0.717) is 19.5 Å². The number of hydrogen-bond donors (Lipinski definition) is 1. The van der Waals surface area contributed by atoms with Crippen LogP contribution in [-0.2, 0) is 16.1 Å². The molecule has 3 rings (SSSR count). The molecule has 1 saturated heterocycles. The summed E-state index contributed by atoms with van der Waals surface area (Å²) in [5.74, 6) is -0.877. The zero-order valence-corrected chi connectivity index (χ0v) is 14.1. The van der Waals surface area contributed by atoms with Crippen LogP contribution in [0, 0.1) is 19.8 Å². The molecular weight excluding hydrogens is 300 g/mol. The first kappa shape index (κ1) is 16.2. The Balaban J connectivity index is 1.64. The van der Waals surface area contributed by atoms with Crippen molar-refractivity contribution in [1.29, 1.82) is 0 Å². The fourth-order valence-electron chi connectivity index (χ4n) is 3.16. The molecule has 4 heteroatoms. The lowest BCUT2D eigenvalue weighted by atomic mass is 10.1. The maximum atomic E-state index is 12.6. The zero-order valence-electron chi connectivity index (χ0n) is 14.1. The Labute approximate surface area is 142 Å². The summed E-state index contributed by atoms with van der Waals surface area (Å²) in [7, 11) is 0. The SMILES string of the molecule is Cc1cccc(CNC(=O)C2CCN(c3ccccc3C)C2=O)c1. The molecule has 0 aromatic heterocycles. The van der Waals surface area contributed by atoms with E-state index in [1.165, 1.54) is 0 Å². The molecule has 1 N–H and O–H groups in total. The van der Waals surface area contributed by atoms with Gasteiger partial charge in [-0.25, -0.2) is 0 Å². The molecule has 0 spiro atoms. The lowest BCUT2D eigenvalue weighted by Crippen LogP contribution is -2.36. The van der Waals surface area contributed by atoms with Crippen molar-refractivity contribution in [2.24, 2.45) is 5.92 Å². The first-order valence-corrected chi connectivity index (χ1v) is 8.26. The Hall–Kier alpha value is -2.62. The van der Waals surface area contributed by atoms with Crippen LogP contribution in [0.5, 0.6) is 0 Å². The van der Waals surface area contributed by atoms with Gasteiger partial charge < -0.3 is 10.2 Å². The lowest BCUT2D eigenvalue weighted by molar-refractivity contribution is -0.132. The highest BCUT2D eigenvalue weighted by Gasteiger charge is 2.37. The van der Waals surface area contributed by atoms with Gasteiger partial charge in [-0.05, 0) is 37.5 Å². The van der Waals surface area contributed by atoms with Crippen molar-refractivity contribution < 1.29 is 9.59 Å². The van der Waals surface area contributed by atoms with E-state index in [1.54, 1.807) is 4.90 Å². The number of nitrogens with zero attached hydrogens (tertiary/aromatic N) is 1. The van der Waals surface area contributed by atoms with Crippen LogP contribution in [0.2, 0.25) is 0 Å². The molecule has 2 aromatic carbocycles. The summed E-state index contributed by atoms with van der Waals surface area (Å²) in [6.07, 6.45) is 0.562. The third kappa shape index (κ3) is 3.32. The highest BCUT2D eigenvalue weighted by atomic mass is 16.2. The number of para-hydroxylation sites is 1. The molecule has 1 aliphatic rings. The van der Waals surface area contributed by atoms with Gasteiger partial charge in [-0.1, -0.05) is 48.0 Å². The number of aryl methyl sites for hydroxylation is 2. The normalized spacial score (nSPS) is 17.2.